The molecule has 0 aromatic carbocycles. The molecule has 1 fully saturated rings. The van der Waals surface area contributed by atoms with E-state index in [0.717, 1.165) is 32.1 Å². The number of carbonyl (C=O) groups is 1. The van der Waals surface area contributed by atoms with Crippen molar-refractivity contribution in [2.75, 3.05) is 0 Å². The second kappa shape index (κ2) is 4.86. The number of nitriles is 1. The number of amides is 1. The van der Waals surface area contributed by atoms with Crippen molar-refractivity contribution in [1.82, 2.24) is 5.32 Å². The highest BCUT2D eigenvalue weighted by Gasteiger charge is 2.37. The molecule has 0 saturated heterocycles. The molecule has 16 heavy (non-hydrogen) atoms. The highest BCUT2D eigenvalue weighted by molar-refractivity contribution is 5.82. The lowest BCUT2D eigenvalue weighted by molar-refractivity contribution is -0.131. The normalized spacial score (nSPS) is 19.9. The zero-order valence-corrected chi connectivity index (χ0v) is 10.6. The van der Waals surface area contributed by atoms with Gasteiger partial charge in [-0.1, -0.05) is 40.0 Å². The standard InChI is InChI=1S/C13H22N2O/c1-4-12(2,3)11(16)15-13(10-14)8-6-5-7-9-13/h4-9H2,1-3H3,(H,15,16). The van der Waals surface area contributed by atoms with Gasteiger partial charge in [0.05, 0.1) is 6.07 Å². The first kappa shape index (κ1) is 13.0. The van der Waals surface area contributed by atoms with Gasteiger partial charge >= 0.3 is 0 Å². The van der Waals surface area contributed by atoms with Crippen LogP contribution in [0.3, 0.4) is 0 Å². The lowest BCUT2D eigenvalue weighted by Gasteiger charge is -2.34. The first-order valence-corrected chi connectivity index (χ1v) is 6.20. The molecule has 0 aromatic rings. The molecule has 3 heteroatoms. The van der Waals surface area contributed by atoms with Crippen LogP contribution in [-0.4, -0.2) is 11.4 Å². The average Bonchev–Trinajstić information content (AvgIpc) is 2.30. The molecule has 0 spiro atoms. The number of hydrogen-bond donors (Lipinski definition) is 1. The lowest BCUT2D eigenvalue weighted by Crippen LogP contribution is -2.52. The fraction of sp³-hybridized carbons (Fsp3) is 0.846. The van der Waals surface area contributed by atoms with Gasteiger partial charge in [-0.15, -0.1) is 0 Å². The zero-order valence-electron chi connectivity index (χ0n) is 10.6. The SMILES string of the molecule is CCC(C)(C)C(=O)NC1(C#N)CCCCC1. The van der Waals surface area contributed by atoms with Crippen molar-refractivity contribution >= 4 is 5.91 Å². The summed E-state index contributed by atoms with van der Waals surface area (Å²) < 4.78 is 0. The Morgan fingerprint density at radius 3 is 2.38 bits per heavy atom. The van der Waals surface area contributed by atoms with Crippen LogP contribution in [0.4, 0.5) is 0 Å². The van der Waals surface area contributed by atoms with Crippen molar-refractivity contribution in [1.29, 1.82) is 5.26 Å². The smallest absolute Gasteiger partial charge is 0.226 e. The molecule has 1 aliphatic rings. The van der Waals surface area contributed by atoms with Crippen LogP contribution < -0.4 is 5.32 Å². The van der Waals surface area contributed by atoms with E-state index >= 15 is 0 Å². The number of carbonyl (C=O) groups excluding carboxylic acids is 1. The summed E-state index contributed by atoms with van der Waals surface area (Å²) in [7, 11) is 0. The van der Waals surface area contributed by atoms with Crippen molar-refractivity contribution in [2.24, 2.45) is 5.41 Å². The van der Waals surface area contributed by atoms with Crippen molar-refractivity contribution in [2.45, 2.75) is 64.8 Å². The van der Waals surface area contributed by atoms with Crippen LogP contribution in [0.2, 0.25) is 0 Å². The molecular weight excluding hydrogens is 200 g/mol. The van der Waals surface area contributed by atoms with Gasteiger partial charge in [0.15, 0.2) is 0 Å². The third-order valence-corrected chi connectivity index (χ3v) is 3.77. The van der Waals surface area contributed by atoms with Gasteiger partial charge in [0.2, 0.25) is 5.91 Å². The minimum atomic E-state index is -0.595. The van der Waals surface area contributed by atoms with E-state index in [-0.39, 0.29) is 11.3 Å². The van der Waals surface area contributed by atoms with Crippen LogP contribution in [-0.2, 0) is 4.79 Å². The third kappa shape index (κ3) is 2.75. The van der Waals surface area contributed by atoms with Gasteiger partial charge < -0.3 is 5.32 Å². The van der Waals surface area contributed by atoms with Crippen LogP contribution in [0.15, 0.2) is 0 Å². The summed E-state index contributed by atoms with van der Waals surface area (Å²) in [5, 5.41) is 12.2. The first-order chi connectivity index (χ1) is 7.46. The summed E-state index contributed by atoms with van der Waals surface area (Å²) in [6, 6.07) is 2.31. The van der Waals surface area contributed by atoms with Crippen molar-refractivity contribution < 1.29 is 4.79 Å². The quantitative estimate of drug-likeness (QED) is 0.798. The Hall–Kier alpha value is -1.04. The summed E-state index contributed by atoms with van der Waals surface area (Å²) >= 11 is 0. The Labute approximate surface area is 98.2 Å². The number of hydrogen-bond acceptors (Lipinski definition) is 2. The minimum Gasteiger partial charge on any atom is -0.337 e. The highest BCUT2D eigenvalue weighted by atomic mass is 16.2. The molecule has 0 aliphatic heterocycles. The van der Waals surface area contributed by atoms with Crippen molar-refractivity contribution in [3.05, 3.63) is 0 Å². The summed E-state index contributed by atoms with van der Waals surface area (Å²) in [6.07, 6.45) is 5.65. The maximum Gasteiger partial charge on any atom is 0.226 e. The van der Waals surface area contributed by atoms with E-state index in [1.54, 1.807) is 0 Å². The van der Waals surface area contributed by atoms with Crippen LogP contribution >= 0.6 is 0 Å². The molecule has 0 unspecified atom stereocenters. The van der Waals surface area contributed by atoms with Gasteiger partial charge in [0, 0.05) is 5.41 Å². The number of nitrogens with zero attached hydrogens (tertiary/aromatic N) is 1. The first-order valence-electron chi connectivity index (χ1n) is 6.20. The van der Waals surface area contributed by atoms with Gasteiger partial charge in [-0.3, -0.25) is 4.79 Å². The Balaban J connectivity index is 2.71. The predicted octanol–water partition coefficient (Wildman–Crippen LogP) is 2.77. The van der Waals surface area contributed by atoms with Crippen LogP contribution in [0.5, 0.6) is 0 Å². The van der Waals surface area contributed by atoms with Gasteiger partial charge in [-0.25, -0.2) is 0 Å². The average molecular weight is 222 g/mol. The second-order valence-electron chi connectivity index (χ2n) is 5.45. The zero-order chi connectivity index (χ0) is 12.2. The van der Waals surface area contributed by atoms with E-state index in [2.05, 4.69) is 11.4 Å². The Morgan fingerprint density at radius 2 is 1.94 bits per heavy atom. The molecular formula is C13H22N2O. The van der Waals surface area contributed by atoms with Crippen LogP contribution in [0.25, 0.3) is 0 Å². The topological polar surface area (TPSA) is 52.9 Å². The highest BCUT2D eigenvalue weighted by Crippen LogP contribution is 2.29. The van der Waals surface area contributed by atoms with E-state index in [9.17, 15) is 10.1 Å². The van der Waals surface area contributed by atoms with E-state index in [0.29, 0.717) is 0 Å². The molecule has 0 atom stereocenters. The van der Waals surface area contributed by atoms with E-state index in [1.165, 1.54) is 6.42 Å². The van der Waals surface area contributed by atoms with E-state index in [4.69, 9.17) is 0 Å². The van der Waals surface area contributed by atoms with Gasteiger partial charge in [0.25, 0.3) is 0 Å². The summed E-state index contributed by atoms with van der Waals surface area (Å²) in [5.74, 6) is 0.0125. The van der Waals surface area contributed by atoms with Crippen LogP contribution in [0.1, 0.15) is 59.3 Å². The molecule has 1 amide bonds. The Morgan fingerprint density at radius 1 is 1.38 bits per heavy atom. The monoisotopic (exact) mass is 222 g/mol. The van der Waals surface area contributed by atoms with E-state index < -0.39 is 5.54 Å². The number of nitrogens with one attached hydrogen (secondary N) is 1. The van der Waals surface area contributed by atoms with Crippen molar-refractivity contribution in [3.63, 3.8) is 0 Å². The molecule has 0 radical (unpaired) electrons. The third-order valence-electron chi connectivity index (χ3n) is 3.77. The maximum absolute atomic E-state index is 12.1. The fourth-order valence-corrected chi connectivity index (χ4v) is 1.97. The molecule has 90 valence electrons. The predicted molar refractivity (Wildman–Crippen MR) is 63.6 cm³/mol. The fourth-order valence-electron chi connectivity index (χ4n) is 1.97. The molecule has 1 saturated carbocycles. The summed E-state index contributed by atoms with van der Waals surface area (Å²) in [4.78, 5) is 12.1. The Kier molecular flexibility index (Phi) is 3.96. The second-order valence-corrected chi connectivity index (χ2v) is 5.45. The molecule has 0 bridgehead atoms. The van der Waals surface area contributed by atoms with Gasteiger partial charge in [-0.2, -0.15) is 5.26 Å². The summed E-state index contributed by atoms with van der Waals surface area (Å²) in [5.41, 5.74) is -0.969. The minimum absolute atomic E-state index is 0.0125. The lowest BCUT2D eigenvalue weighted by atomic mass is 9.81. The van der Waals surface area contributed by atoms with Crippen LogP contribution in [0, 0.1) is 16.7 Å². The largest absolute Gasteiger partial charge is 0.337 e. The molecule has 0 aromatic heterocycles. The van der Waals surface area contributed by atoms with E-state index in [1.807, 2.05) is 20.8 Å². The maximum atomic E-state index is 12.1. The molecule has 1 N–H and O–H groups in total. The van der Waals surface area contributed by atoms with Gasteiger partial charge in [-0.05, 0) is 19.3 Å². The number of rotatable bonds is 3. The summed E-state index contributed by atoms with van der Waals surface area (Å²) in [6.45, 7) is 5.85. The molecule has 3 nitrogen and oxygen atoms in total. The van der Waals surface area contributed by atoms with Gasteiger partial charge in [0.1, 0.15) is 5.54 Å². The molecule has 0 heterocycles. The van der Waals surface area contributed by atoms with Crippen molar-refractivity contribution in [3.8, 4) is 6.07 Å². The molecule has 1 aliphatic carbocycles. The Bertz CT molecular complexity index is 296. The molecule has 1 rings (SSSR count).